The summed E-state index contributed by atoms with van der Waals surface area (Å²) in [6.07, 6.45) is 1.45. The Morgan fingerprint density at radius 3 is 2.85 bits per heavy atom. The third-order valence-corrected chi connectivity index (χ3v) is 4.84. The van der Waals surface area contributed by atoms with Crippen molar-refractivity contribution >= 4 is 11.9 Å². The summed E-state index contributed by atoms with van der Waals surface area (Å²) in [5, 5.41) is 3.27. The highest BCUT2D eigenvalue weighted by molar-refractivity contribution is 5.94. The van der Waals surface area contributed by atoms with E-state index in [0.29, 0.717) is 18.7 Å². The van der Waals surface area contributed by atoms with Gasteiger partial charge in [-0.3, -0.25) is 4.79 Å². The highest BCUT2D eigenvalue weighted by Gasteiger charge is 2.54. The zero-order valence-electron chi connectivity index (χ0n) is 11.9. The molecule has 3 heterocycles. The van der Waals surface area contributed by atoms with Crippen LogP contribution in [0.2, 0.25) is 0 Å². The van der Waals surface area contributed by atoms with Crippen LogP contribution < -0.4 is 5.32 Å². The number of hydrogen-bond donors (Lipinski definition) is 1. The van der Waals surface area contributed by atoms with Crippen molar-refractivity contribution in [3.63, 3.8) is 0 Å². The maximum Gasteiger partial charge on any atom is 0.336 e. The molecule has 0 aliphatic carbocycles. The maximum atomic E-state index is 12.9. The minimum atomic E-state index is -0.446. The molecule has 0 aromatic rings. The van der Waals surface area contributed by atoms with E-state index in [9.17, 15) is 9.59 Å². The Labute approximate surface area is 118 Å². The van der Waals surface area contributed by atoms with Gasteiger partial charge in [-0.15, -0.1) is 0 Å². The summed E-state index contributed by atoms with van der Waals surface area (Å²) in [6.45, 7) is 4.10. The molecule has 3 aliphatic heterocycles. The number of cyclic esters (lactones) is 1. The van der Waals surface area contributed by atoms with Gasteiger partial charge in [0.05, 0.1) is 22.8 Å². The smallest absolute Gasteiger partial charge is 0.336 e. The molecule has 3 rings (SSSR count). The highest BCUT2D eigenvalue weighted by atomic mass is 16.5. The van der Waals surface area contributed by atoms with Gasteiger partial charge in [-0.05, 0) is 26.3 Å². The van der Waals surface area contributed by atoms with E-state index in [4.69, 9.17) is 9.47 Å². The molecule has 0 saturated carbocycles. The van der Waals surface area contributed by atoms with E-state index in [0.717, 1.165) is 25.1 Å². The van der Waals surface area contributed by atoms with Gasteiger partial charge in [0.2, 0.25) is 5.91 Å². The summed E-state index contributed by atoms with van der Waals surface area (Å²) in [6, 6.07) is 0. The predicted molar refractivity (Wildman–Crippen MR) is 70.7 cm³/mol. The molecule has 6 nitrogen and oxygen atoms in total. The Kier molecular flexibility index (Phi) is 3.30. The van der Waals surface area contributed by atoms with Crippen LogP contribution in [0.25, 0.3) is 0 Å². The van der Waals surface area contributed by atoms with Gasteiger partial charge in [-0.25, -0.2) is 4.79 Å². The lowest BCUT2D eigenvalue weighted by Gasteiger charge is -2.39. The van der Waals surface area contributed by atoms with Crippen molar-refractivity contribution in [2.24, 2.45) is 5.41 Å². The minimum Gasteiger partial charge on any atom is -0.456 e. The van der Waals surface area contributed by atoms with Gasteiger partial charge in [-0.2, -0.15) is 0 Å². The number of nitrogens with zero attached hydrogens (tertiary/aromatic N) is 1. The monoisotopic (exact) mass is 280 g/mol. The summed E-state index contributed by atoms with van der Waals surface area (Å²) in [5.41, 5.74) is 0.836. The first kappa shape index (κ1) is 13.6. The summed E-state index contributed by atoms with van der Waals surface area (Å²) in [5.74, 6) is -0.235. The van der Waals surface area contributed by atoms with Crippen LogP contribution in [0, 0.1) is 5.41 Å². The molecule has 0 radical (unpaired) electrons. The molecule has 0 aromatic carbocycles. The third-order valence-electron chi connectivity index (χ3n) is 4.84. The number of methoxy groups -OCH3 is 1. The number of piperidine rings is 1. The van der Waals surface area contributed by atoms with Crippen LogP contribution >= 0.6 is 0 Å². The fourth-order valence-electron chi connectivity index (χ4n) is 3.54. The quantitative estimate of drug-likeness (QED) is 0.724. The topological polar surface area (TPSA) is 67.9 Å². The standard InChI is InChI=1S/C14H20N2O4/c1-9-10(8-20-12(9)17)16-6-4-14(13(16)18)3-5-15-7-11(14)19-2/h11,15H,3-8H2,1-2H3/t11-,14-/m1/s1. The summed E-state index contributed by atoms with van der Waals surface area (Å²) in [4.78, 5) is 26.1. The number of nitrogens with one attached hydrogen (secondary N) is 1. The highest BCUT2D eigenvalue weighted by Crippen LogP contribution is 2.43. The molecule has 1 spiro atoms. The average Bonchev–Trinajstić information content (AvgIpc) is 2.95. The summed E-state index contributed by atoms with van der Waals surface area (Å²) in [7, 11) is 1.65. The molecule has 0 unspecified atom stereocenters. The van der Waals surface area contributed by atoms with Gasteiger partial charge in [0, 0.05) is 20.2 Å². The molecule has 0 aromatic heterocycles. The molecule has 20 heavy (non-hydrogen) atoms. The van der Waals surface area contributed by atoms with Crippen molar-refractivity contribution < 1.29 is 19.1 Å². The van der Waals surface area contributed by atoms with Gasteiger partial charge in [0.15, 0.2) is 0 Å². The molecule has 0 bridgehead atoms. The number of esters is 1. The first-order valence-electron chi connectivity index (χ1n) is 7.02. The van der Waals surface area contributed by atoms with Crippen molar-refractivity contribution in [1.82, 2.24) is 10.2 Å². The van der Waals surface area contributed by atoms with Crippen LogP contribution in [0.5, 0.6) is 0 Å². The lowest BCUT2D eigenvalue weighted by molar-refractivity contribution is -0.144. The number of carbonyl (C=O) groups is 2. The Balaban J connectivity index is 1.89. The van der Waals surface area contributed by atoms with Crippen molar-refractivity contribution in [3.05, 3.63) is 11.3 Å². The second kappa shape index (κ2) is 4.86. The van der Waals surface area contributed by atoms with Crippen molar-refractivity contribution in [2.45, 2.75) is 25.9 Å². The van der Waals surface area contributed by atoms with E-state index >= 15 is 0 Å². The lowest BCUT2D eigenvalue weighted by atomic mass is 9.75. The molecular formula is C14H20N2O4. The first-order valence-corrected chi connectivity index (χ1v) is 7.02. The summed E-state index contributed by atoms with van der Waals surface area (Å²) >= 11 is 0. The zero-order valence-corrected chi connectivity index (χ0v) is 11.9. The maximum absolute atomic E-state index is 12.9. The van der Waals surface area contributed by atoms with Crippen molar-refractivity contribution in [1.29, 1.82) is 0 Å². The predicted octanol–water partition coefficient (Wildman–Crippen LogP) is 0.0442. The van der Waals surface area contributed by atoms with Gasteiger partial charge in [0.25, 0.3) is 0 Å². The second-order valence-electron chi connectivity index (χ2n) is 5.69. The van der Waals surface area contributed by atoms with Crippen LogP contribution in [0.15, 0.2) is 11.3 Å². The van der Waals surface area contributed by atoms with Crippen LogP contribution in [0.3, 0.4) is 0 Å². The first-order chi connectivity index (χ1) is 9.60. The van der Waals surface area contributed by atoms with Crippen LogP contribution in [0.4, 0.5) is 0 Å². The Hall–Kier alpha value is -1.40. The van der Waals surface area contributed by atoms with Crippen LogP contribution in [-0.4, -0.2) is 56.2 Å². The number of rotatable bonds is 2. The molecule has 1 amide bonds. The Morgan fingerprint density at radius 1 is 1.40 bits per heavy atom. The SMILES string of the molecule is CO[C@@H]1CNCC[C@@]12CCN(C1=C(C)C(=O)OC1)C2=O. The molecule has 6 heteroatoms. The summed E-state index contributed by atoms with van der Waals surface area (Å²) < 4.78 is 10.6. The van der Waals surface area contributed by atoms with Crippen molar-refractivity contribution in [2.75, 3.05) is 33.4 Å². The Morgan fingerprint density at radius 2 is 2.20 bits per heavy atom. The van der Waals surface area contributed by atoms with Gasteiger partial charge >= 0.3 is 5.97 Å². The molecular weight excluding hydrogens is 260 g/mol. The third kappa shape index (κ3) is 1.78. The fraction of sp³-hybridized carbons (Fsp3) is 0.714. The lowest BCUT2D eigenvalue weighted by Crippen LogP contribution is -2.53. The van der Waals surface area contributed by atoms with Gasteiger partial charge < -0.3 is 19.7 Å². The number of amides is 1. The Bertz CT molecular complexity index is 488. The number of ether oxygens (including phenoxy) is 2. The number of likely N-dealkylation sites (tertiary alicyclic amines) is 1. The molecule has 2 saturated heterocycles. The van der Waals surface area contributed by atoms with Crippen LogP contribution in [-0.2, 0) is 19.1 Å². The van der Waals surface area contributed by atoms with E-state index in [1.54, 1.807) is 18.9 Å². The number of hydrogen-bond acceptors (Lipinski definition) is 5. The van der Waals surface area contributed by atoms with E-state index in [1.165, 1.54) is 0 Å². The van der Waals surface area contributed by atoms with Crippen LogP contribution in [0.1, 0.15) is 19.8 Å². The van der Waals surface area contributed by atoms with E-state index in [2.05, 4.69) is 5.32 Å². The largest absolute Gasteiger partial charge is 0.456 e. The fourth-order valence-corrected chi connectivity index (χ4v) is 3.54. The minimum absolute atomic E-state index is 0.0819. The van der Waals surface area contributed by atoms with Gasteiger partial charge in [-0.1, -0.05) is 0 Å². The molecule has 2 fully saturated rings. The van der Waals surface area contributed by atoms with Crippen molar-refractivity contribution in [3.8, 4) is 0 Å². The molecule has 1 N–H and O–H groups in total. The van der Waals surface area contributed by atoms with E-state index in [1.807, 2.05) is 0 Å². The molecule has 2 atom stereocenters. The second-order valence-corrected chi connectivity index (χ2v) is 5.69. The molecule has 3 aliphatic rings. The number of carbonyl (C=O) groups excluding carboxylic acids is 2. The van der Waals surface area contributed by atoms with E-state index in [-0.39, 0.29) is 24.6 Å². The zero-order chi connectivity index (χ0) is 14.3. The normalized spacial score (nSPS) is 34.3. The average molecular weight is 280 g/mol. The van der Waals surface area contributed by atoms with Gasteiger partial charge in [0.1, 0.15) is 6.61 Å². The van der Waals surface area contributed by atoms with E-state index < -0.39 is 5.41 Å². The molecule has 110 valence electrons.